The monoisotopic (exact) mass is 193 g/mol. The Morgan fingerprint density at radius 3 is 2.79 bits per heavy atom. The summed E-state index contributed by atoms with van der Waals surface area (Å²) in [6, 6.07) is 1.50. The van der Waals surface area contributed by atoms with Crippen molar-refractivity contribution in [3.8, 4) is 5.75 Å². The van der Waals surface area contributed by atoms with E-state index in [1.807, 2.05) is 0 Å². The third-order valence-electron chi connectivity index (χ3n) is 2.63. The fourth-order valence-electron chi connectivity index (χ4n) is 1.86. The number of hydrogen-bond acceptors (Lipinski definition) is 2. The van der Waals surface area contributed by atoms with Gasteiger partial charge in [0.2, 0.25) is 5.43 Å². The van der Waals surface area contributed by atoms with Gasteiger partial charge in [-0.05, 0) is 25.7 Å². The summed E-state index contributed by atoms with van der Waals surface area (Å²) in [6.45, 7) is 0. The van der Waals surface area contributed by atoms with Crippen molar-refractivity contribution in [2.24, 2.45) is 0 Å². The van der Waals surface area contributed by atoms with Crippen molar-refractivity contribution < 1.29 is 4.74 Å². The van der Waals surface area contributed by atoms with E-state index in [0.29, 0.717) is 5.75 Å². The average molecular weight is 193 g/mol. The van der Waals surface area contributed by atoms with E-state index in [9.17, 15) is 4.79 Å². The van der Waals surface area contributed by atoms with Crippen molar-refractivity contribution in [3.05, 3.63) is 28.7 Å². The van der Waals surface area contributed by atoms with Crippen LogP contribution in [-0.2, 0) is 0 Å². The van der Waals surface area contributed by atoms with Gasteiger partial charge in [0, 0.05) is 18.5 Å². The molecule has 1 fully saturated rings. The molecule has 0 amide bonds. The Morgan fingerprint density at radius 2 is 2.07 bits per heavy atom. The van der Waals surface area contributed by atoms with Gasteiger partial charge in [-0.25, -0.2) is 0 Å². The molecule has 0 saturated heterocycles. The Balaban J connectivity index is 2.03. The first-order chi connectivity index (χ1) is 6.86. The van der Waals surface area contributed by atoms with E-state index in [4.69, 9.17) is 4.74 Å². The molecule has 1 aliphatic carbocycles. The number of nitrogens with one attached hydrogen (secondary N) is 1. The predicted molar refractivity (Wildman–Crippen MR) is 54.6 cm³/mol. The van der Waals surface area contributed by atoms with Gasteiger partial charge in [0.25, 0.3) is 0 Å². The van der Waals surface area contributed by atoms with Gasteiger partial charge in [0.05, 0.1) is 6.10 Å². The Hall–Kier alpha value is -1.25. The molecule has 2 rings (SSSR count). The van der Waals surface area contributed by atoms with Crippen molar-refractivity contribution in [2.45, 2.75) is 38.2 Å². The molecule has 14 heavy (non-hydrogen) atoms. The quantitative estimate of drug-likeness (QED) is 0.781. The maximum atomic E-state index is 11.3. The topological polar surface area (TPSA) is 42.1 Å². The van der Waals surface area contributed by atoms with Gasteiger partial charge in [-0.2, -0.15) is 0 Å². The maximum Gasteiger partial charge on any atom is 0.223 e. The summed E-state index contributed by atoms with van der Waals surface area (Å²) in [5.41, 5.74) is -0.0330. The Morgan fingerprint density at radius 1 is 1.29 bits per heavy atom. The molecule has 0 aliphatic heterocycles. The van der Waals surface area contributed by atoms with Gasteiger partial charge < -0.3 is 9.72 Å². The molecule has 0 radical (unpaired) electrons. The van der Waals surface area contributed by atoms with Gasteiger partial charge in [0.1, 0.15) is 0 Å². The Bertz CT molecular complexity index is 339. The van der Waals surface area contributed by atoms with Crippen molar-refractivity contribution in [2.75, 3.05) is 0 Å². The lowest BCUT2D eigenvalue weighted by Crippen LogP contribution is -2.22. The summed E-state index contributed by atoms with van der Waals surface area (Å²) in [5.74, 6) is 0.458. The minimum absolute atomic E-state index is 0.0330. The Labute approximate surface area is 83.1 Å². The van der Waals surface area contributed by atoms with E-state index in [1.165, 1.54) is 25.3 Å². The lowest BCUT2D eigenvalue weighted by Gasteiger charge is -2.22. The van der Waals surface area contributed by atoms with Crippen LogP contribution in [0.15, 0.2) is 23.3 Å². The zero-order valence-corrected chi connectivity index (χ0v) is 8.16. The summed E-state index contributed by atoms with van der Waals surface area (Å²) >= 11 is 0. The zero-order valence-electron chi connectivity index (χ0n) is 8.16. The van der Waals surface area contributed by atoms with Gasteiger partial charge in [-0.15, -0.1) is 0 Å². The number of H-pyrrole nitrogens is 1. The first-order valence-corrected chi connectivity index (χ1v) is 5.20. The Kier molecular flexibility index (Phi) is 2.87. The molecular formula is C11H15NO2. The summed E-state index contributed by atoms with van der Waals surface area (Å²) in [6.07, 6.45) is 9.39. The second-order valence-electron chi connectivity index (χ2n) is 3.75. The number of aromatic nitrogens is 1. The van der Waals surface area contributed by atoms with Gasteiger partial charge >= 0.3 is 0 Å². The second kappa shape index (κ2) is 4.31. The predicted octanol–water partition coefficient (Wildman–Crippen LogP) is 2.09. The molecular weight excluding hydrogens is 178 g/mol. The van der Waals surface area contributed by atoms with Crippen LogP contribution in [0, 0.1) is 0 Å². The highest BCUT2D eigenvalue weighted by molar-refractivity contribution is 5.16. The molecule has 0 spiro atoms. The van der Waals surface area contributed by atoms with Crippen LogP contribution in [0.2, 0.25) is 0 Å². The first-order valence-electron chi connectivity index (χ1n) is 5.20. The summed E-state index contributed by atoms with van der Waals surface area (Å²) in [4.78, 5) is 14.2. The molecule has 1 N–H and O–H groups in total. The highest BCUT2D eigenvalue weighted by Gasteiger charge is 2.15. The molecule has 1 aliphatic rings. The molecule has 3 nitrogen and oxygen atoms in total. The molecule has 1 heterocycles. The molecule has 1 saturated carbocycles. The zero-order chi connectivity index (χ0) is 9.80. The van der Waals surface area contributed by atoms with Crippen LogP contribution in [0.4, 0.5) is 0 Å². The van der Waals surface area contributed by atoms with Crippen molar-refractivity contribution in [3.63, 3.8) is 0 Å². The number of pyridine rings is 1. The van der Waals surface area contributed by atoms with Crippen molar-refractivity contribution in [1.29, 1.82) is 0 Å². The van der Waals surface area contributed by atoms with Crippen molar-refractivity contribution in [1.82, 2.24) is 4.98 Å². The highest BCUT2D eigenvalue weighted by atomic mass is 16.5. The normalized spacial score (nSPS) is 18.0. The molecule has 76 valence electrons. The minimum Gasteiger partial charge on any atom is -0.485 e. The van der Waals surface area contributed by atoms with Gasteiger partial charge in [-0.1, -0.05) is 6.42 Å². The number of rotatable bonds is 2. The maximum absolute atomic E-state index is 11.3. The van der Waals surface area contributed by atoms with Crippen LogP contribution < -0.4 is 10.2 Å². The van der Waals surface area contributed by atoms with E-state index in [-0.39, 0.29) is 11.5 Å². The second-order valence-corrected chi connectivity index (χ2v) is 3.75. The van der Waals surface area contributed by atoms with Crippen LogP contribution in [0.25, 0.3) is 0 Å². The van der Waals surface area contributed by atoms with Crippen LogP contribution in [0.5, 0.6) is 5.75 Å². The molecule has 3 heteroatoms. The fourth-order valence-corrected chi connectivity index (χ4v) is 1.86. The van der Waals surface area contributed by atoms with Crippen LogP contribution in [0.3, 0.4) is 0 Å². The first kappa shape index (κ1) is 9.31. The number of aromatic amines is 1. The lowest BCUT2D eigenvalue weighted by molar-refractivity contribution is 0.153. The molecule has 0 unspecified atom stereocenters. The largest absolute Gasteiger partial charge is 0.485 e. The van der Waals surface area contributed by atoms with E-state index in [2.05, 4.69) is 4.98 Å². The SMILES string of the molecule is O=c1cc[nH]cc1OC1CCCCC1. The fraction of sp³-hybridized carbons (Fsp3) is 0.545. The summed E-state index contributed by atoms with van der Waals surface area (Å²) < 4.78 is 5.64. The molecule has 0 bridgehead atoms. The summed E-state index contributed by atoms with van der Waals surface area (Å²) in [7, 11) is 0. The number of ether oxygens (including phenoxy) is 1. The third-order valence-corrected chi connectivity index (χ3v) is 2.63. The molecule has 0 aromatic carbocycles. The standard InChI is InChI=1S/C11H15NO2/c13-10-6-7-12-8-11(10)14-9-4-2-1-3-5-9/h6-9H,1-5H2,(H,12,13). The van der Waals surface area contributed by atoms with Gasteiger partial charge in [-0.3, -0.25) is 4.79 Å². The van der Waals surface area contributed by atoms with E-state index in [0.717, 1.165) is 12.8 Å². The van der Waals surface area contributed by atoms with Gasteiger partial charge in [0.15, 0.2) is 5.75 Å². The average Bonchev–Trinajstić information content (AvgIpc) is 2.23. The van der Waals surface area contributed by atoms with Crippen LogP contribution in [-0.4, -0.2) is 11.1 Å². The molecule has 1 aromatic heterocycles. The lowest BCUT2D eigenvalue weighted by atomic mass is 9.98. The number of hydrogen-bond donors (Lipinski definition) is 1. The molecule has 1 aromatic rings. The molecule has 0 atom stereocenters. The van der Waals surface area contributed by atoms with E-state index < -0.39 is 0 Å². The van der Waals surface area contributed by atoms with E-state index in [1.54, 1.807) is 12.4 Å². The smallest absolute Gasteiger partial charge is 0.223 e. The van der Waals surface area contributed by atoms with E-state index >= 15 is 0 Å². The minimum atomic E-state index is -0.0330. The van der Waals surface area contributed by atoms with Crippen LogP contribution >= 0.6 is 0 Å². The third kappa shape index (κ3) is 2.16. The van der Waals surface area contributed by atoms with Crippen LogP contribution in [0.1, 0.15) is 32.1 Å². The highest BCUT2D eigenvalue weighted by Crippen LogP contribution is 2.21. The summed E-state index contributed by atoms with van der Waals surface area (Å²) in [5, 5.41) is 0. The van der Waals surface area contributed by atoms with Crippen molar-refractivity contribution >= 4 is 0 Å².